The number of alkyl halides is 1. The minimum Gasteiger partial charge on any atom is -0.224 e. The van der Waals surface area contributed by atoms with Gasteiger partial charge in [0.2, 0.25) is 0 Å². The van der Waals surface area contributed by atoms with Gasteiger partial charge in [-0.05, 0) is 42.7 Å². The monoisotopic (exact) mass is 308 g/mol. The van der Waals surface area contributed by atoms with Crippen LogP contribution in [-0.2, 0) is 9.84 Å². The van der Waals surface area contributed by atoms with E-state index in [0.717, 1.165) is 22.3 Å². The summed E-state index contributed by atoms with van der Waals surface area (Å²) in [4.78, 5) is 0.297. The molecule has 4 heteroatoms. The largest absolute Gasteiger partial charge is 0.224 e. The first kappa shape index (κ1) is 15.1. The van der Waals surface area contributed by atoms with Gasteiger partial charge in [0.1, 0.15) is 0 Å². The first-order valence-corrected chi connectivity index (χ1v) is 8.63. The molecule has 0 aliphatic heterocycles. The number of benzene rings is 2. The maximum absolute atomic E-state index is 11.6. The maximum atomic E-state index is 11.6. The summed E-state index contributed by atoms with van der Waals surface area (Å²) in [7, 11) is -3.22. The molecule has 0 aliphatic carbocycles. The molecule has 106 valence electrons. The van der Waals surface area contributed by atoms with Gasteiger partial charge in [0.25, 0.3) is 0 Å². The second-order valence-corrected chi connectivity index (χ2v) is 7.52. The van der Waals surface area contributed by atoms with E-state index in [2.05, 4.69) is 0 Å². The zero-order valence-corrected chi connectivity index (χ0v) is 13.3. The van der Waals surface area contributed by atoms with Gasteiger partial charge in [0, 0.05) is 6.26 Å². The third-order valence-electron chi connectivity index (χ3n) is 3.29. The molecule has 0 saturated heterocycles. The zero-order chi connectivity index (χ0) is 14.9. The molecule has 2 aromatic rings. The van der Waals surface area contributed by atoms with Crippen molar-refractivity contribution in [3.63, 3.8) is 0 Å². The Hall–Kier alpha value is -1.32. The summed E-state index contributed by atoms with van der Waals surface area (Å²) in [5, 5.41) is -0.350. The Balaban J connectivity index is 2.48. The lowest BCUT2D eigenvalue weighted by atomic mass is 9.98. The van der Waals surface area contributed by atoms with Gasteiger partial charge < -0.3 is 0 Å². The van der Waals surface area contributed by atoms with Gasteiger partial charge in [-0.2, -0.15) is 0 Å². The van der Waals surface area contributed by atoms with E-state index in [4.69, 9.17) is 11.6 Å². The van der Waals surface area contributed by atoms with Crippen LogP contribution in [0.4, 0.5) is 0 Å². The maximum Gasteiger partial charge on any atom is 0.175 e. The summed E-state index contributed by atoms with van der Waals surface area (Å²) >= 11 is 6.54. The third-order valence-corrected chi connectivity index (χ3v) is 4.88. The van der Waals surface area contributed by atoms with Crippen molar-refractivity contribution in [3.05, 3.63) is 64.7 Å². The Morgan fingerprint density at radius 3 is 2.40 bits per heavy atom. The van der Waals surface area contributed by atoms with Gasteiger partial charge in [0.15, 0.2) is 9.84 Å². The summed E-state index contributed by atoms with van der Waals surface area (Å²) in [6.07, 6.45) is 1.20. The summed E-state index contributed by atoms with van der Waals surface area (Å²) in [5.74, 6) is 0. The normalized spacial score (nSPS) is 13.2. The van der Waals surface area contributed by atoms with Crippen LogP contribution in [0.5, 0.6) is 0 Å². The van der Waals surface area contributed by atoms with Gasteiger partial charge in [-0.3, -0.25) is 0 Å². The minimum atomic E-state index is -3.22. The Morgan fingerprint density at radius 1 is 1.05 bits per heavy atom. The predicted octanol–water partition coefficient (Wildman–Crippen LogP) is 4.04. The van der Waals surface area contributed by atoms with Crippen molar-refractivity contribution >= 4 is 21.4 Å². The van der Waals surface area contributed by atoms with E-state index in [1.165, 1.54) is 6.26 Å². The average Bonchev–Trinajstić information content (AvgIpc) is 2.40. The topological polar surface area (TPSA) is 34.1 Å². The molecule has 0 saturated carbocycles. The van der Waals surface area contributed by atoms with Gasteiger partial charge in [0.05, 0.1) is 10.3 Å². The third kappa shape index (κ3) is 3.22. The standard InChI is InChI=1S/C16H17ClO2S/c1-11-7-8-12(2)15(9-11)16(17)13-5-4-6-14(10-13)20(3,18)19/h4-10,16H,1-3H3. The second-order valence-electron chi connectivity index (χ2n) is 5.07. The van der Waals surface area contributed by atoms with Crippen LogP contribution in [0.1, 0.15) is 27.6 Å². The van der Waals surface area contributed by atoms with Gasteiger partial charge in [-0.25, -0.2) is 8.42 Å². The molecule has 1 unspecified atom stereocenters. The van der Waals surface area contributed by atoms with Crippen molar-refractivity contribution < 1.29 is 8.42 Å². The van der Waals surface area contributed by atoms with Gasteiger partial charge >= 0.3 is 0 Å². The smallest absolute Gasteiger partial charge is 0.175 e. The highest BCUT2D eigenvalue weighted by molar-refractivity contribution is 7.90. The van der Waals surface area contributed by atoms with Crippen LogP contribution in [0.25, 0.3) is 0 Å². The fraction of sp³-hybridized carbons (Fsp3) is 0.250. The van der Waals surface area contributed by atoms with Crippen molar-refractivity contribution in [3.8, 4) is 0 Å². The van der Waals surface area contributed by atoms with E-state index in [1.807, 2.05) is 38.1 Å². The van der Waals surface area contributed by atoms with Crippen molar-refractivity contribution in [2.45, 2.75) is 24.1 Å². The quantitative estimate of drug-likeness (QED) is 0.802. The van der Waals surface area contributed by atoms with Crippen molar-refractivity contribution in [2.24, 2.45) is 0 Å². The number of rotatable bonds is 3. The first-order chi connectivity index (χ1) is 9.29. The summed E-state index contributed by atoms with van der Waals surface area (Å²) in [6, 6.07) is 12.9. The van der Waals surface area contributed by atoms with Crippen LogP contribution >= 0.6 is 11.6 Å². The fourth-order valence-corrected chi connectivity index (χ4v) is 3.16. The average molecular weight is 309 g/mol. The molecular weight excluding hydrogens is 292 g/mol. The molecule has 0 aliphatic rings. The number of halogens is 1. The molecule has 0 spiro atoms. The predicted molar refractivity (Wildman–Crippen MR) is 83.2 cm³/mol. The molecule has 2 aromatic carbocycles. The molecule has 0 radical (unpaired) electrons. The van der Waals surface area contributed by atoms with E-state index in [1.54, 1.807) is 18.2 Å². The zero-order valence-electron chi connectivity index (χ0n) is 11.7. The number of aryl methyl sites for hydroxylation is 2. The Bertz CT molecular complexity index is 736. The highest BCUT2D eigenvalue weighted by Gasteiger charge is 2.16. The van der Waals surface area contributed by atoms with Gasteiger partial charge in [-0.1, -0.05) is 35.9 Å². The Labute approximate surface area is 125 Å². The van der Waals surface area contributed by atoms with Crippen LogP contribution in [0.3, 0.4) is 0 Å². The fourth-order valence-electron chi connectivity index (χ4n) is 2.12. The van der Waals surface area contributed by atoms with Crippen LogP contribution < -0.4 is 0 Å². The van der Waals surface area contributed by atoms with E-state index in [9.17, 15) is 8.42 Å². The number of sulfone groups is 1. The molecule has 0 heterocycles. The number of hydrogen-bond acceptors (Lipinski definition) is 2. The lowest BCUT2D eigenvalue weighted by molar-refractivity contribution is 0.601. The number of hydrogen-bond donors (Lipinski definition) is 0. The molecule has 0 N–H and O–H groups in total. The summed E-state index contributed by atoms with van der Waals surface area (Å²) in [6.45, 7) is 4.02. The summed E-state index contributed by atoms with van der Waals surface area (Å²) in [5.41, 5.74) is 4.04. The van der Waals surface area contributed by atoms with E-state index < -0.39 is 9.84 Å². The summed E-state index contributed by atoms with van der Waals surface area (Å²) < 4.78 is 23.2. The SMILES string of the molecule is Cc1ccc(C)c(C(Cl)c2cccc(S(C)(=O)=O)c2)c1. The van der Waals surface area contributed by atoms with Crippen LogP contribution in [0.15, 0.2) is 47.4 Å². The highest BCUT2D eigenvalue weighted by Crippen LogP contribution is 2.32. The van der Waals surface area contributed by atoms with Crippen LogP contribution in [-0.4, -0.2) is 14.7 Å². The molecule has 2 rings (SSSR count). The molecule has 20 heavy (non-hydrogen) atoms. The van der Waals surface area contributed by atoms with Crippen molar-refractivity contribution in [2.75, 3.05) is 6.26 Å². The molecule has 1 atom stereocenters. The Morgan fingerprint density at radius 2 is 1.75 bits per heavy atom. The molecule has 0 bridgehead atoms. The molecule has 0 fully saturated rings. The molecule has 0 aromatic heterocycles. The van der Waals surface area contributed by atoms with E-state index >= 15 is 0 Å². The molecule has 0 amide bonds. The first-order valence-electron chi connectivity index (χ1n) is 6.30. The van der Waals surface area contributed by atoms with E-state index in [-0.39, 0.29) is 5.38 Å². The molecular formula is C16H17ClO2S. The second kappa shape index (κ2) is 5.58. The van der Waals surface area contributed by atoms with Crippen LogP contribution in [0, 0.1) is 13.8 Å². The lowest BCUT2D eigenvalue weighted by Crippen LogP contribution is -2.01. The van der Waals surface area contributed by atoms with Crippen LogP contribution in [0.2, 0.25) is 0 Å². The van der Waals surface area contributed by atoms with Crippen molar-refractivity contribution in [1.29, 1.82) is 0 Å². The lowest BCUT2D eigenvalue weighted by Gasteiger charge is -2.15. The highest BCUT2D eigenvalue weighted by atomic mass is 35.5. The Kier molecular flexibility index (Phi) is 4.21. The van der Waals surface area contributed by atoms with Gasteiger partial charge in [-0.15, -0.1) is 11.6 Å². The van der Waals surface area contributed by atoms with Crippen molar-refractivity contribution in [1.82, 2.24) is 0 Å². The van der Waals surface area contributed by atoms with E-state index in [0.29, 0.717) is 4.90 Å². The minimum absolute atomic E-state index is 0.297. The molecule has 2 nitrogen and oxygen atoms in total.